The van der Waals surface area contributed by atoms with Gasteiger partial charge >= 0.3 is 0 Å². The predicted octanol–water partition coefficient (Wildman–Crippen LogP) is -0.203. The van der Waals surface area contributed by atoms with Crippen molar-refractivity contribution in [3.8, 4) is 5.88 Å². The summed E-state index contributed by atoms with van der Waals surface area (Å²) in [6, 6.07) is 3.67. The number of hydrogen-bond donors (Lipinski definition) is 0. The number of carbonyl (C=O) groups is 1. The van der Waals surface area contributed by atoms with Gasteiger partial charge in [0.05, 0.1) is 6.61 Å². The SMILES string of the molecule is COCCOc1ccc(N2CCN(C(=O)COC)CC2)nn1. The molecule has 0 spiro atoms. The van der Waals surface area contributed by atoms with Crippen LogP contribution in [0.1, 0.15) is 0 Å². The highest BCUT2D eigenvalue weighted by atomic mass is 16.5. The number of piperazine rings is 1. The molecule has 2 rings (SSSR count). The monoisotopic (exact) mass is 310 g/mol. The van der Waals surface area contributed by atoms with Gasteiger partial charge in [-0.25, -0.2) is 0 Å². The van der Waals surface area contributed by atoms with Crippen LogP contribution in [-0.4, -0.2) is 81.2 Å². The Balaban J connectivity index is 1.82. The van der Waals surface area contributed by atoms with Gasteiger partial charge in [0.25, 0.3) is 0 Å². The van der Waals surface area contributed by atoms with Crippen LogP contribution in [-0.2, 0) is 14.3 Å². The van der Waals surface area contributed by atoms with E-state index in [1.54, 1.807) is 18.1 Å². The lowest BCUT2D eigenvalue weighted by molar-refractivity contribution is -0.135. The molecule has 1 saturated heterocycles. The van der Waals surface area contributed by atoms with Gasteiger partial charge in [-0.15, -0.1) is 10.2 Å². The van der Waals surface area contributed by atoms with E-state index in [0.717, 1.165) is 18.9 Å². The van der Waals surface area contributed by atoms with Crippen molar-refractivity contribution in [2.24, 2.45) is 0 Å². The zero-order valence-corrected chi connectivity index (χ0v) is 13.0. The van der Waals surface area contributed by atoms with Crippen molar-refractivity contribution < 1.29 is 19.0 Å². The van der Waals surface area contributed by atoms with Gasteiger partial charge in [-0.3, -0.25) is 4.79 Å². The third kappa shape index (κ3) is 4.54. The number of carbonyl (C=O) groups excluding carboxylic acids is 1. The Morgan fingerprint density at radius 1 is 1.09 bits per heavy atom. The average Bonchev–Trinajstić information content (AvgIpc) is 2.56. The lowest BCUT2D eigenvalue weighted by atomic mass is 10.3. The lowest BCUT2D eigenvalue weighted by Gasteiger charge is -2.35. The highest BCUT2D eigenvalue weighted by molar-refractivity contribution is 5.77. The first-order valence-electron chi connectivity index (χ1n) is 7.21. The van der Waals surface area contributed by atoms with Crippen molar-refractivity contribution in [3.05, 3.63) is 12.1 Å². The average molecular weight is 310 g/mol. The second-order valence-electron chi connectivity index (χ2n) is 4.87. The number of methoxy groups -OCH3 is 2. The van der Waals surface area contributed by atoms with E-state index < -0.39 is 0 Å². The smallest absolute Gasteiger partial charge is 0.248 e. The molecule has 1 aliphatic heterocycles. The molecule has 0 radical (unpaired) electrons. The Kier molecular flexibility index (Phi) is 6.35. The highest BCUT2D eigenvalue weighted by Crippen LogP contribution is 2.15. The molecule has 0 N–H and O–H groups in total. The number of ether oxygens (including phenoxy) is 3. The summed E-state index contributed by atoms with van der Waals surface area (Å²) in [6.07, 6.45) is 0. The molecule has 1 amide bonds. The van der Waals surface area contributed by atoms with E-state index in [4.69, 9.17) is 14.2 Å². The molecule has 0 bridgehead atoms. The van der Waals surface area contributed by atoms with Gasteiger partial charge in [-0.1, -0.05) is 0 Å². The van der Waals surface area contributed by atoms with Crippen LogP contribution in [0.3, 0.4) is 0 Å². The topological polar surface area (TPSA) is 77.0 Å². The standard InChI is InChI=1S/C14H22N4O4/c1-20-9-10-22-13-4-3-12(15-16-13)17-5-7-18(8-6-17)14(19)11-21-2/h3-4H,5-11H2,1-2H3. The van der Waals surface area contributed by atoms with E-state index in [-0.39, 0.29) is 12.5 Å². The van der Waals surface area contributed by atoms with Crippen LogP contribution >= 0.6 is 0 Å². The van der Waals surface area contributed by atoms with Crippen molar-refractivity contribution in [2.75, 3.05) is 65.1 Å². The van der Waals surface area contributed by atoms with Crippen LogP contribution in [0.5, 0.6) is 5.88 Å². The molecule has 122 valence electrons. The van der Waals surface area contributed by atoms with Gasteiger partial charge in [0.15, 0.2) is 5.82 Å². The van der Waals surface area contributed by atoms with E-state index in [0.29, 0.717) is 32.2 Å². The second kappa shape index (κ2) is 8.50. The normalized spacial score (nSPS) is 15.0. The van der Waals surface area contributed by atoms with E-state index in [1.165, 1.54) is 7.11 Å². The molecule has 0 saturated carbocycles. The summed E-state index contributed by atoms with van der Waals surface area (Å²) in [5, 5.41) is 8.21. The number of rotatable bonds is 7. The van der Waals surface area contributed by atoms with Crippen molar-refractivity contribution in [1.29, 1.82) is 0 Å². The lowest BCUT2D eigenvalue weighted by Crippen LogP contribution is -2.50. The van der Waals surface area contributed by atoms with Gasteiger partial charge in [0.2, 0.25) is 11.8 Å². The number of nitrogens with zero attached hydrogens (tertiary/aromatic N) is 4. The van der Waals surface area contributed by atoms with Gasteiger partial charge in [-0.2, -0.15) is 0 Å². The van der Waals surface area contributed by atoms with Crippen molar-refractivity contribution in [1.82, 2.24) is 15.1 Å². The van der Waals surface area contributed by atoms with E-state index >= 15 is 0 Å². The van der Waals surface area contributed by atoms with Gasteiger partial charge in [0.1, 0.15) is 13.2 Å². The summed E-state index contributed by atoms with van der Waals surface area (Å²) in [5.41, 5.74) is 0. The Morgan fingerprint density at radius 3 is 2.45 bits per heavy atom. The third-order valence-corrected chi connectivity index (χ3v) is 3.39. The van der Waals surface area contributed by atoms with Crippen molar-refractivity contribution in [2.45, 2.75) is 0 Å². The minimum absolute atomic E-state index is 0.0233. The van der Waals surface area contributed by atoms with Gasteiger partial charge < -0.3 is 24.0 Å². The molecule has 22 heavy (non-hydrogen) atoms. The van der Waals surface area contributed by atoms with Crippen molar-refractivity contribution >= 4 is 11.7 Å². The minimum Gasteiger partial charge on any atom is -0.474 e. The molecule has 1 aromatic heterocycles. The van der Waals surface area contributed by atoms with Crippen LogP contribution in [0.4, 0.5) is 5.82 Å². The first-order chi connectivity index (χ1) is 10.7. The maximum Gasteiger partial charge on any atom is 0.248 e. The van der Waals surface area contributed by atoms with Crippen LogP contribution in [0, 0.1) is 0 Å². The fourth-order valence-corrected chi connectivity index (χ4v) is 2.19. The molecule has 8 heteroatoms. The molecule has 1 aliphatic rings. The van der Waals surface area contributed by atoms with E-state index in [1.807, 2.05) is 6.07 Å². The molecule has 0 unspecified atom stereocenters. The van der Waals surface area contributed by atoms with Crippen LogP contribution in [0.25, 0.3) is 0 Å². The third-order valence-electron chi connectivity index (χ3n) is 3.39. The van der Waals surface area contributed by atoms with E-state index in [9.17, 15) is 4.79 Å². The largest absolute Gasteiger partial charge is 0.474 e. The number of aromatic nitrogens is 2. The molecule has 0 atom stereocenters. The summed E-state index contributed by atoms with van der Waals surface area (Å²) < 4.78 is 15.2. The summed E-state index contributed by atoms with van der Waals surface area (Å²) >= 11 is 0. The minimum atomic E-state index is 0.0233. The molecule has 2 heterocycles. The van der Waals surface area contributed by atoms with Crippen LogP contribution in [0.15, 0.2) is 12.1 Å². The summed E-state index contributed by atoms with van der Waals surface area (Å²) in [6.45, 7) is 3.88. The highest BCUT2D eigenvalue weighted by Gasteiger charge is 2.21. The van der Waals surface area contributed by atoms with Gasteiger partial charge in [0, 0.05) is 46.5 Å². The first-order valence-corrected chi connectivity index (χ1v) is 7.21. The first kappa shape index (κ1) is 16.4. The molecular weight excluding hydrogens is 288 g/mol. The van der Waals surface area contributed by atoms with Crippen LogP contribution < -0.4 is 9.64 Å². The van der Waals surface area contributed by atoms with E-state index in [2.05, 4.69) is 15.1 Å². The van der Waals surface area contributed by atoms with Gasteiger partial charge in [-0.05, 0) is 6.07 Å². The zero-order valence-electron chi connectivity index (χ0n) is 13.0. The number of amides is 1. The van der Waals surface area contributed by atoms with Crippen LogP contribution in [0.2, 0.25) is 0 Å². The quantitative estimate of drug-likeness (QED) is 0.645. The number of hydrogen-bond acceptors (Lipinski definition) is 7. The zero-order chi connectivity index (χ0) is 15.8. The molecule has 0 aliphatic carbocycles. The fourth-order valence-electron chi connectivity index (χ4n) is 2.19. The molecule has 0 aromatic carbocycles. The summed E-state index contributed by atoms with van der Waals surface area (Å²) in [7, 11) is 3.15. The predicted molar refractivity (Wildman–Crippen MR) is 80.1 cm³/mol. The maximum atomic E-state index is 11.7. The summed E-state index contributed by atoms with van der Waals surface area (Å²) in [5.74, 6) is 1.29. The maximum absolute atomic E-state index is 11.7. The fraction of sp³-hybridized carbons (Fsp3) is 0.643. The van der Waals surface area contributed by atoms with Crippen molar-refractivity contribution in [3.63, 3.8) is 0 Å². The molecule has 1 fully saturated rings. The molecule has 1 aromatic rings. The summed E-state index contributed by atoms with van der Waals surface area (Å²) in [4.78, 5) is 15.6. The Labute approximate surface area is 130 Å². The molecular formula is C14H22N4O4. The number of anilines is 1. The molecule has 8 nitrogen and oxygen atoms in total. The Hall–Kier alpha value is -1.93. The second-order valence-corrected chi connectivity index (χ2v) is 4.87. The Morgan fingerprint density at radius 2 is 1.86 bits per heavy atom. The Bertz CT molecular complexity index is 460.